The lowest BCUT2D eigenvalue weighted by Crippen LogP contribution is -2.55. The maximum atomic E-state index is 12.7. The Hall–Kier alpha value is -1.46. The van der Waals surface area contributed by atoms with E-state index in [0.717, 1.165) is 5.56 Å². The number of rotatable bonds is 3. The van der Waals surface area contributed by atoms with E-state index in [0.29, 0.717) is 19.7 Å². The molecule has 4 nitrogen and oxygen atoms in total. The minimum absolute atomic E-state index is 0.0912. The van der Waals surface area contributed by atoms with Crippen molar-refractivity contribution in [3.8, 4) is 0 Å². The van der Waals surface area contributed by atoms with E-state index >= 15 is 0 Å². The summed E-state index contributed by atoms with van der Waals surface area (Å²) in [5.41, 5.74) is 0.870. The van der Waals surface area contributed by atoms with E-state index in [1.54, 1.807) is 12.1 Å². The predicted molar refractivity (Wildman–Crippen MR) is 65.5 cm³/mol. The lowest BCUT2D eigenvalue weighted by Gasteiger charge is -2.29. The number of carbonyl (C=O) groups is 1. The fourth-order valence-corrected chi connectivity index (χ4v) is 1.93. The number of benzene rings is 1. The highest BCUT2D eigenvalue weighted by Gasteiger charge is 2.27. The molecule has 1 fully saturated rings. The lowest BCUT2D eigenvalue weighted by molar-refractivity contribution is -0.129. The van der Waals surface area contributed by atoms with Crippen LogP contribution in [0.3, 0.4) is 0 Å². The fourth-order valence-electron chi connectivity index (χ4n) is 1.93. The van der Waals surface area contributed by atoms with Gasteiger partial charge in [-0.2, -0.15) is 0 Å². The van der Waals surface area contributed by atoms with E-state index in [-0.39, 0.29) is 23.9 Å². The molecule has 2 atom stereocenters. The van der Waals surface area contributed by atoms with Crippen molar-refractivity contribution in [3.05, 3.63) is 35.6 Å². The summed E-state index contributed by atoms with van der Waals surface area (Å²) in [6.07, 6.45) is -0.132. The van der Waals surface area contributed by atoms with Gasteiger partial charge in [-0.3, -0.25) is 4.79 Å². The predicted octanol–water partition coefficient (Wildman–Crippen LogP) is 0.819. The smallest absolute Gasteiger partial charge is 0.240 e. The van der Waals surface area contributed by atoms with Gasteiger partial charge < -0.3 is 15.4 Å². The van der Waals surface area contributed by atoms with Gasteiger partial charge in [0.2, 0.25) is 5.91 Å². The van der Waals surface area contributed by atoms with Crippen LogP contribution in [0.2, 0.25) is 0 Å². The Bertz CT molecular complexity index is 408. The van der Waals surface area contributed by atoms with Crippen LogP contribution in [0, 0.1) is 5.82 Å². The molecule has 1 amide bonds. The van der Waals surface area contributed by atoms with Gasteiger partial charge in [-0.15, -0.1) is 0 Å². The van der Waals surface area contributed by atoms with Crippen molar-refractivity contribution in [3.63, 3.8) is 0 Å². The van der Waals surface area contributed by atoms with Crippen molar-refractivity contribution in [2.45, 2.75) is 25.6 Å². The van der Waals surface area contributed by atoms with Crippen LogP contribution in [0.15, 0.2) is 24.3 Å². The molecule has 5 heteroatoms. The zero-order chi connectivity index (χ0) is 13.0. The molecule has 0 radical (unpaired) electrons. The second-order valence-corrected chi connectivity index (χ2v) is 4.35. The molecule has 2 rings (SSSR count). The van der Waals surface area contributed by atoms with Crippen LogP contribution < -0.4 is 10.6 Å². The van der Waals surface area contributed by atoms with Crippen molar-refractivity contribution >= 4 is 5.91 Å². The monoisotopic (exact) mass is 252 g/mol. The van der Waals surface area contributed by atoms with Gasteiger partial charge in [0.1, 0.15) is 11.9 Å². The second kappa shape index (κ2) is 5.93. The minimum atomic E-state index is -0.320. The van der Waals surface area contributed by atoms with E-state index in [4.69, 9.17) is 4.74 Å². The Labute approximate surface area is 106 Å². The van der Waals surface area contributed by atoms with Gasteiger partial charge in [-0.1, -0.05) is 12.1 Å². The first-order chi connectivity index (χ1) is 8.66. The molecule has 1 aliphatic heterocycles. The summed E-state index contributed by atoms with van der Waals surface area (Å²) < 4.78 is 18.1. The molecule has 0 unspecified atom stereocenters. The number of nitrogens with one attached hydrogen (secondary N) is 2. The summed E-state index contributed by atoms with van der Waals surface area (Å²) in [6, 6.07) is 5.76. The molecule has 98 valence electrons. The molecule has 0 saturated carbocycles. The number of ether oxygens (including phenoxy) is 1. The third-order valence-corrected chi connectivity index (χ3v) is 2.98. The SMILES string of the molecule is C[C@H]1OCCN[C@@H]1C(=O)NCc1ccc(F)cc1. The van der Waals surface area contributed by atoms with Gasteiger partial charge in [-0.05, 0) is 24.6 Å². The van der Waals surface area contributed by atoms with Crippen molar-refractivity contribution in [1.82, 2.24) is 10.6 Å². The van der Waals surface area contributed by atoms with Crippen molar-refractivity contribution in [2.24, 2.45) is 0 Å². The summed E-state index contributed by atoms with van der Waals surface area (Å²) in [6.45, 7) is 3.57. The quantitative estimate of drug-likeness (QED) is 0.837. The van der Waals surface area contributed by atoms with Gasteiger partial charge in [0, 0.05) is 13.1 Å². The number of halogens is 1. The molecule has 18 heavy (non-hydrogen) atoms. The third-order valence-electron chi connectivity index (χ3n) is 2.98. The second-order valence-electron chi connectivity index (χ2n) is 4.35. The van der Waals surface area contributed by atoms with Crippen LogP contribution in [0.1, 0.15) is 12.5 Å². The van der Waals surface area contributed by atoms with E-state index in [1.165, 1.54) is 12.1 Å². The summed E-state index contributed by atoms with van der Waals surface area (Å²) >= 11 is 0. The Morgan fingerprint density at radius 3 is 2.89 bits per heavy atom. The molecule has 1 saturated heterocycles. The average Bonchev–Trinajstić information content (AvgIpc) is 2.38. The number of hydrogen-bond donors (Lipinski definition) is 2. The molecule has 0 aromatic heterocycles. The highest BCUT2D eigenvalue weighted by Crippen LogP contribution is 2.05. The number of hydrogen-bond acceptors (Lipinski definition) is 3. The first-order valence-corrected chi connectivity index (χ1v) is 6.04. The normalized spacial score (nSPS) is 23.7. The standard InChI is InChI=1S/C13H17FN2O2/c1-9-12(15-6-7-18-9)13(17)16-8-10-2-4-11(14)5-3-10/h2-5,9,12,15H,6-8H2,1H3,(H,16,17)/t9-,12+/m1/s1. The van der Waals surface area contributed by atoms with Gasteiger partial charge in [-0.25, -0.2) is 4.39 Å². The molecule has 0 aliphatic carbocycles. The highest BCUT2D eigenvalue weighted by atomic mass is 19.1. The molecule has 0 bridgehead atoms. The van der Waals surface area contributed by atoms with Gasteiger partial charge in [0.15, 0.2) is 0 Å². The Kier molecular flexibility index (Phi) is 4.28. The zero-order valence-corrected chi connectivity index (χ0v) is 10.3. The molecule has 1 aromatic rings. The van der Waals surface area contributed by atoms with Crippen molar-refractivity contribution < 1.29 is 13.9 Å². The number of amides is 1. The summed E-state index contributed by atoms with van der Waals surface area (Å²) in [7, 11) is 0. The Morgan fingerprint density at radius 2 is 2.22 bits per heavy atom. The van der Waals surface area contributed by atoms with Crippen LogP contribution in [0.5, 0.6) is 0 Å². The van der Waals surface area contributed by atoms with Crippen molar-refractivity contribution in [1.29, 1.82) is 0 Å². The molecule has 1 aromatic carbocycles. The first-order valence-electron chi connectivity index (χ1n) is 6.04. The number of morpholine rings is 1. The molecule has 0 spiro atoms. The van der Waals surface area contributed by atoms with Gasteiger partial charge in [0.05, 0.1) is 12.7 Å². The molecule has 1 heterocycles. The molecular weight excluding hydrogens is 235 g/mol. The van der Waals surface area contributed by atoms with Gasteiger partial charge >= 0.3 is 0 Å². The zero-order valence-electron chi connectivity index (χ0n) is 10.3. The topological polar surface area (TPSA) is 50.4 Å². The summed E-state index contributed by atoms with van der Waals surface area (Å²) in [4.78, 5) is 11.9. The minimum Gasteiger partial charge on any atom is -0.375 e. The van der Waals surface area contributed by atoms with Crippen molar-refractivity contribution in [2.75, 3.05) is 13.2 Å². The van der Waals surface area contributed by atoms with Crippen LogP contribution in [-0.4, -0.2) is 31.2 Å². The van der Waals surface area contributed by atoms with Crippen LogP contribution in [-0.2, 0) is 16.1 Å². The first kappa shape index (κ1) is 13.0. The van der Waals surface area contributed by atoms with E-state index in [2.05, 4.69) is 10.6 Å². The van der Waals surface area contributed by atoms with E-state index < -0.39 is 0 Å². The Balaban J connectivity index is 1.85. The maximum Gasteiger partial charge on any atom is 0.240 e. The number of carbonyl (C=O) groups excluding carboxylic acids is 1. The van der Waals surface area contributed by atoms with Gasteiger partial charge in [0.25, 0.3) is 0 Å². The van der Waals surface area contributed by atoms with Crippen LogP contribution >= 0.6 is 0 Å². The average molecular weight is 252 g/mol. The summed E-state index contributed by atoms with van der Waals surface area (Å²) in [5.74, 6) is -0.368. The fraction of sp³-hybridized carbons (Fsp3) is 0.462. The lowest BCUT2D eigenvalue weighted by atomic mass is 10.1. The molecular formula is C13H17FN2O2. The van der Waals surface area contributed by atoms with E-state index in [1.807, 2.05) is 6.92 Å². The maximum absolute atomic E-state index is 12.7. The van der Waals surface area contributed by atoms with Crippen LogP contribution in [0.25, 0.3) is 0 Å². The summed E-state index contributed by atoms with van der Waals surface area (Å²) in [5, 5.41) is 5.93. The van der Waals surface area contributed by atoms with Crippen LogP contribution in [0.4, 0.5) is 4.39 Å². The molecule has 2 N–H and O–H groups in total. The molecule has 1 aliphatic rings. The van der Waals surface area contributed by atoms with E-state index in [9.17, 15) is 9.18 Å². The largest absolute Gasteiger partial charge is 0.375 e. The third kappa shape index (κ3) is 3.27. The highest BCUT2D eigenvalue weighted by molar-refractivity contribution is 5.82. The Morgan fingerprint density at radius 1 is 1.50 bits per heavy atom.